The topological polar surface area (TPSA) is 89.1 Å². The fraction of sp³-hybridized carbons (Fsp3) is 0.906. The Hall–Kier alpha value is -0.229. The van der Waals surface area contributed by atoms with Gasteiger partial charge in [-0.1, -0.05) is 86.7 Å². The van der Waals surface area contributed by atoms with E-state index in [1.807, 2.05) is 34.9 Å². The van der Waals surface area contributed by atoms with Gasteiger partial charge in [-0.25, -0.2) is 0 Å². The van der Waals surface area contributed by atoms with Gasteiger partial charge in [-0.2, -0.15) is 0 Å². The minimum absolute atomic E-state index is 0. The molecule has 0 saturated carbocycles. The summed E-state index contributed by atoms with van der Waals surface area (Å²) in [5.74, 6) is 2.69. The van der Waals surface area contributed by atoms with Crippen LogP contribution in [0.3, 0.4) is 0 Å². The summed E-state index contributed by atoms with van der Waals surface area (Å²) in [6.07, 6.45) is 0. The second kappa shape index (κ2) is 27.8. The number of amidine groups is 3. The fourth-order valence-electron chi connectivity index (χ4n) is 3.28. The summed E-state index contributed by atoms with van der Waals surface area (Å²) in [7, 11) is 12.3. The van der Waals surface area contributed by atoms with Crippen LogP contribution in [0.25, 0.3) is 16.0 Å². The van der Waals surface area contributed by atoms with E-state index in [1.165, 1.54) is 0 Å². The Morgan fingerprint density at radius 1 is 0.591 bits per heavy atom. The first-order valence-corrected chi connectivity index (χ1v) is 14.9. The first-order chi connectivity index (χ1) is 18.2. The van der Waals surface area contributed by atoms with Crippen LogP contribution in [0.15, 0.2) is 15.0 Å². The van der Waals surface area contributed by atoms with Crippen LogP contribution in [0.5, 0.6) is 0 Å². The third-order valence-corrected chi connectivity index (χ3v) is 4.88. The van der Waals surface area contributed by atoms with E-state index >= 15 is 0 Å². The molecule has 44 heavy (non-hydrogen) atoms. The van der Waals surface area contributed by atoms with E-state index in [4.69, 9.17) is 0 Å². The number of nitrogens with zero attached hydrogens (tertiary/aromatic N) is 9. The Kier molecular flexibility index (Phi) is 35.5. The summed E-state index contributed by atoms with van der Waals surface area (Å²) in [5, 5.41) is 13.3. The van der Waals surface area contributed by atoms with Crippen molar-refractivity contribution < 1.29 is 49.5 Å². The first kappa shape index (κ1) is 56.1. The molecule has 0 aromatic rings. The molecule has 0 aromatic heterocycles. The van der Waals surface area contributed by atoms with E-state index in [1.54, 1.807) is 0 Å². The second-order valence-electron chi connectivity index (χ2n) is 14.6. The molecule has 0 fully saturated rings. The van der Waals surface area contributed by atoms with Crippen LogP contribution < -0.4 is 0 Å². The van der Waals surface area contributed by atoms with E-state index in [2.05, 4.69) is 150 Å². The Labute approximate surface area is 305 Å². The SMILES string of the molecule is CC(=NC(C)(C)C)[N-]C(C)CN(C)C.CC(=NC(C)(C)C)[N-]CC(C)N(C)C.CC(=NC(C)(C)C)[N-]CCN(C)C.[Ni].[Ni].[Ni]. The van der Waals surface area contributed by atoms with E-state index in [0.717, 1.165) is 43.7 Å². The van der Waals surface area contributed by atoms with Crippen molar-refractivity contribution in [3.05, 3.63) is 16.0 Å². The Morgan fingerprint density at radius 2 is 0.955 bits per heavy atom. The molecule has 0 aliphatic heterocycles. The molecule has 2 unspecified atom stereocenters. The minimum Gasteiger partial charge on any atom is -0.468 e. The van der Waals surface area contributed by atoms with Crippen LogP contribution in [0, 0.1) is 0 Å². The summed E-state index contributed by atoms with van der Waals surface area (Å²) in [5.41, 5.74) is -0.0495. The van der Waals surface area contributed by atoms with Gasteiger partial charge in [0, 0.05) is 55.5 Å². The number of likely N-dealkylation sites (N-methyl/N-ethyl adjacent to an activating group) is 3. The average molecular weight is 757 g/mol. The molecule has 0 aliphatic rings. The van der Waals surface area contributed by atoms with E-state index < -0.39 is 0 Å². The van der Waals surface area contributed by atoms with Gasteiger partial charge < -0.3 is 45.6 Å². The van der Waals surface area contributed by atoms with Crippen LogP contribution in [-0.2, 0) is 49.5 Å². The summed E-state index contributed by atoms with van der Waals surface area (Å²) in [6, 6.07) is 0.788. The van der Waals surface area contributed by atoms with Gasteiger partial charge in [0.15, 0.2) is 0 Å². The van der Waals surface area contributed by atoms with Crippen LogP contribution in [-0.4, -0.2) is 129 Å². The molecule has 0 saturated heterocycles. The molecule has 0 amide bonds. The zero-order valence-corrected chi connectivity index (χ0v) is 34.9. The number of hydrogen-bond acceptors (Lipinski definition) is 6. The Balaban J connectivity index is -0.000000119. The molecule has 0 radical (unpaired) electrons. The molecule has 0 heterocycles. The van der Waals surface area contributed by atoms with Crippen molar-refractivity contribution in [1.29, 1.82) is 0 Å². The van der Waals surface area contributed by atoms with Crippen molar-refractivity contribution in [2.24, 2.45) is 15.0 Å². The smallest absolute Gasteiger partial charge is 0.00539 e. The minimum atomic E-state index is -0.0224. The van der Waals surface area contributed by atoms with Gasteiger partial charge in [0.05, 0.1) is 0 Å². The maximum atomic E-state index is 4.51. The van der Waals surface area contributed by atoms with Gasteiger partial charge in [-0.3, -0.25) is 0 Å². The Morgan fingerprint density at radius 3 is 1.27 bits per heavy atom. The summed E-state index contributed by atoms with van der Waals surface area (Å²) >= 11 is 0. The van der Waals surface area contributed by atoms with Gasteiger partial charge in [-0.05, 0) is 119 Å². The maximum absolute atomic E-state index is 4.51. The molecule has 9 nitrogen and oxygen atoms in total. The molecular weight excluding hydrogens is 686 g/mol. The van der Waals surface area contributed by atoms with Crippen molar-refractivity contribution in [1.82, 2.24) is 14.7 Å². The third kappa shape index (κ3) is 48.7. The zero-order chi connectivity index (χ0) is 33.2. The van der Waals surface area contributed by atoms with E-state index in [-0.39, 0.29) is 66.1 Å². The molecule has 2 atom stereocenters. The molecule has 0 spiro atoms. The van der Waals surface area contributed by atoms with Crippen molar-refractivity contribution >= 4 is 17.5 Å². The quantitative estimate of drug-likeness (QED) is 0.142. The molecule has 0 rings (SSSR count). The predicted molar refractivity (Wildman–Crippen MR) is 188 cm³/mol. The molecule has 0 bridgehead atoms. The molecule has 0 aliphatic carbocycles. The van der Waals surface area contributed by atoms with Crippen molar-refractivity contribution in [3.8, 4) is 0 Å². The van der Waals surface area contributed by atoms with E-state index in [0.29, 0.717) is 12.1 Å². The standard InChI is InChI=1S/2C11H24N3.C10H22N3.3Ni/c1-9(8-14(6)7)12-10(2)13-11(3,4)5;1-9(14(6)7)8-12-10(2)13-11(3,4)5;1-9(12-10(2,3)4)11-7-8-13(5)6;;;/h2*9H,8H2,1-7H3;7-8H2,1-6H3;;;/q3*-1;;;. The van der Waals surface area contributed by atoms with Crippen LogP contribution >= 0.6 is 0 Å². The Bertz CT molecular complexity index is 762. The van der Waals surface area contributed by atoms with Crippen molar-refractivity contribution in [2.45, 2.75) is 126 Å². The molecule has 12 heteroatoms. The predicted octanol–water partition coefficient (Wildman–Crippen LogP) is 7.19. The number of rotatable bonds is 9. The van der Waals surface area contributed by atoms with Crippen molar-refractivity contribution in [3.63, 3.8) is 0 Å². The average Bonchev–Trinajstić information content (AvgIpc) is 2.67. The van der Waals surface area contributed by atoms with Crippen LogP contribution in [0.4, 0.5) is 0 Å². The van der Waals surface area contributed by atoms with Gasteiger partial charge in [0.2, 0.25) is 0 Å². The van der Waals surface area contributed by atoms with Crippen molar-refractivity contribution in [2.75, 3.05) is 68.5 Å². The molecule has 0 aromatic carbocycles. The van der Waals surface area contributed by atoms with Crippen LogP contribution in [0.1, 0.15) is 96.9 Å². The molecule has 276 valence electrons. The maximum Gasteiger partial charge on any atom is 0.00539 e. The summed E-state index contributed by atoms with van der Waals surface area (Å²) < 4.78 is 0. The summed E-state index contributed by atoms with van der Waals surface area (Å²) in [4.78, 5) is 19.8. The zero-order valence-electron chi connectivity index (χ0n) is 32.0. The fourth-order valence-corrected chi connectivity index (χ4v) is 3.28. The van der Waals surface area contributed by atoms with Gasteiger partial charge in [-0.15, -0.1) is 0 Å². The number of hydrogen-bond donors (Lipinski definition) is 0. The van der Waals surface area contributed by atoms with Gasteiger partial charge in [0.1, 0.15) is 0 Å². The van der Waals surface area contributed by atoms with E-state index in [9.17, 15) is 0 Å². The summed E-state index contributed by atoms with van der Waals surface area (Å²) in [6.45, 7) is 32.5. The van der Waals surface area contributed by atoms with Crippen LogP contribution in [0.2, 0.25) is 0 Å². The molecule has 0 N–H and O–H groups in total. The monoisotopic (exact) mass is 754 g/mol. The number of aliphatic imine (C=N–C) groups is 3. The largest absolute Gasteiger partial charge is 0.468 e. The van der Waals surface area contributed by atoms with Gasteiger partial charge in [0.25, 0.3) is 0 Å². The van der Waals surface area contributed by atoms with Gasteiger partial charge >= 0.3 is 0 Å². The third-order valence-electron chi connectivity index (χ3n) is 4.88. The first-order valence-electron chi connectivity index (χ1n) is 14.9. The normalized spacial score (nSPS) is 14.1. The molecular formula is C32H70N9Ni3-3. The second-order valence-corrected chi connectivity index (χ2v) is 14.6.